The maximum atomic E-state index is 12.9. The number of aliphatic hydroxyl groups excluding tert-OH is 2. The van der Waals surface area contributed by atoms with Crippen molar-refractivity contribution in [2.24, 2.45) is 5.41 Å². The topological polar surface area (TPSA) is 77.8 Å². The van der Waals surface area contributed by atoms with E-state index >= 15 is 0 Å². The van der Waals surface area contributed by atoms with E-state index in [0.29, 0.717) is 6.42 Å². The first-order valence-electron chi connectivity index (χ1n) is 7.64. The fraction of sp³-hybridized carbons (Fsp3) is 0.867. The second kappa shape index (κ2) is 5.82. The highest BCUT2D eigenvalue weighted by Gasteiger charge is 2.56. The Balaban J connectivity index is 2.32. The fourth-order valence-electron chi connectivity index (χ4n) is 3.64. The molecule has 2 aliphatic rings. The predicted molar refractivity (Wildman–Crippen MR) is 73.8 cm³/mol. The number of aliphatic hydroxyl groups is 2. The van der Waals surface area contributed by atoms with Crippen molar-refractivity contribution >= 4 is 11.8 Å². The van der Waals surface area contributed by atoms with Crippen molar-refractivity contribution in [3.05, 3.63) is 0 Å². The third-order valence-corrected chi connectivity index (χ3v) is 5.18. The molecule has 0 aromatic rings. The highest BCUT2D eigenvalue weighted by atomic mass is 16.3. The van der Waals surface area contributed by atoms with Gasteiger partial charge >= 0.3 is 0 Å². The van der Waals surface area contributed by atoms with Crippen LogP contribution in [-0.4, -0.2) is 45.7 Å². The number of rotatable bonds is 4. The molecule has 1 spiro atoms. The van der Waals surface area contributed by atoms with Crippen LogP contribution in [0.2, 0.25) is 0 Å². The molecule has 1 aliphatic heterocycles. The standard InChI is InChI=1S/C15H25NO4/c1-2-15(10-17,11-18)16-12(19)9-14(13(16)20)7-5-3-4-6-8-14/h17-18H,2-11H2,1H3. The molecular formula is C15H25NO4. The van der Waals surface area contributed by atoms with Crippen LogP contribution in [0.4, 0.5) is 0 Å². The number of amides is 2. The number of imide groups is 1. The Bertz CT molecular complexity index is 373. The summed E-state index contributed by atoms with van der Waals surface area (Å²) in [7, 11) is 0. The summed E-state index contributed by atoms with van der Waals surface area (Å²) in [6.07, 6.45) is 6.30. The van der Waals surface area contributed by atoms with Crippen molar-refractivity contribution in [2.45, 2.75) is 63.8 Å². The minimum atomic E-state index is -1.13. The van der Waals surface area contributed by atoms with Crippen LogP contribution in [0.3, 0.4) is 0 Å². The van der Waals surface area contributed by atoms with E-state index < -0.39 is 11.0 Å². The van der Waals surface area contributed by atoms with Gasteiger partial charge in [0.15, 0.2) is 0 Å². The third-order valence-electron chi connectivity index (χ3n) is 5.18. The number of carbonyl (C=O) groups excluding carboxylic acids is 2. The SMILES string of the molecule is CCC(CO)(CO)N1C(=O)CC2(CCCCCC2)C1=O. The van der Waals surface area contributed by atoms with Crippen LogP contribution in [0.5, 0.6) is 0 Å². The highest BCUT2D eigenvalue weighted by molar-refractivity contribution is 6.06. The first-order chi connectivity index (χ1) is 9.55. The van der Waals surface area contributed by atoms with Gasteiger partial charge in [-0.15, -0.1) is 0 Å². The Kier molecular flexibility index (Phi) is 4.49. The van der Waals surface area contributed by atoms with Gasteiger partial charge in [-0.25, -0.2) is 0 Å². The second-order valence-corrected chi connectivity index (χ2v) is 6.30. The third kappa shape index (κ3) is 2.27. The van der Waals surface area contributed by atoms with E-state index in [1.165, 1.54) is 4.90 Å². The Morgan fingerprint density at radius 3 is 2.10 bits per heavy atom. The van der Waals surface area contributed by atoms with Gasteiger partial charge in [-0.3, -0.25) is 14.5 Å². The van der Waals surface area contributed by atoms with Crippen LogP contribution in [0.1, 0.15) is 58.3 Å². The van der Waals surface area contributed by atoms with Crippen LogP contribution in [0.15, 0.2) is 0 Å². The first kappa shape index (κ1) is 15.4. The van der Waals surface area contributed by atoms with Gasteiger partial charge in [-0.05, 0) is 19.3 Å². The maximum absolute atomic E-state index is 12.9. The Morgan fingerprint density at radius 2 is 1.65 bits per heavy atom. The summed E-state index contributed by atoms with van der Waals surface area (Å²) in [4.78, 5) is 26.4. The Labute approximate surface area is 120 Å². The van der Waals surface area contributed by atoms with E-state index in [1.54, 1.807) is 6.92 Å². The molecule has 114 valence electrons. The molecule has 2 amide bonds. The smallest absolute Gasteiger partial charge is 0.236 e. The van der Waals surface area contributed by atoms with Gasteiger partial charge in [0.1, 0.15) is 0 Å². The maximum Gasteiger partial charge on any atom is 0.236 e. The second-order valence-electron chi connectivity index (χ2n) is 6.30. The van der Waals surface area contributed by atoms with Gasteiger partial charge in [0.2, 0.25) is 11.8 Å². The number of hydrogen-bond acceptors (Lipinski definition) is 4. The predicted octanol–water partition coefficient (Wildman–Crippen LogP) is 1.22. The Hall–Kier alpha value is -0.940. The summed E-state index contributed by atoms with van der Waals surface area (Å²) in [5.41, 5.74) is -1.71. The zero-order chi connectivity index (χ0) is 14.8. The molecule has 1 heterocycles. The van der Waals surface area contributed by atoms with Crippen molar-refractivity contribution < 1.29 is 19.8 Å². The van der Waals surface area contributed by atoms with Crippen LogP contribution >= 0.6 is 0 Å². The lowest BCUT2D eigenvalue weighted by atomic mass is 9.78. The molecule has 1 aliphatic carbocycles. The summed E-state index contributed by atoms with van der Waals surface area (Å²) in [5, 5.41) is 19.2. The molecule has 1 saturated heterocycles. The zero-order valence-corrected chi connectivity index (χ0v) is 12.2. The van der Waals surface area contributed by atoms with E-state index in [-0.39, 0.29) is 31.4 Å². The number of carbonyl (C=O) groups is 2. The average Bonchev–Trinajstić information content (AvgIpc) is 2.64. The molecule has 20 heavy (non-hydrogen) atoms. The summed E-state index contributed by atoms with van der Waals surface area (Å²) < 4.78 is 0. The molecule has 0 aromatic carbocycles. The lowest BCUT2D eigenvalue weighted by molar-refractivity contribution is -0.154. The van der Waals surface area contributed by atoms with Gasteiger partial charge in [-0.1, -0.05) is 32.6 Å². The molecule has 2 fully saturated rings. The molecular weight excluding hydrogens is 258 g/mol. The lowest BCUT2D eigenvalue weighted by Crippen LogP contribution is -2.57. The minimum absolute atomic E-state index is 0.172. The van der Waals surface area contributed by atoms with Crippen LogP contribution in [0.25, 0.3) is 0 Å². The minimum Gasteiger partial charge on any atom is -0.394 e. The van der Waals surface area contributed by atoms with Gasteiger partial charge in [-0.2, -0.15) is 0 Å². The van der Waals surface area contributed by atoms with Crippen molar-refractivity contribution in [1.29, 1.82) is 0 Å². The van der Waals surface area contributed by atoms with Crippen LogP contribution < -0.4 is 0 Å². The molecule has 0 aromatic heterocycles. The van der Waals surface area contributed by atoms with Crippen LogP contribution in [0, 0.1) is 5.41 Å². The number of hydrogen-bond donors (Lipinski definition) is 2. The fourth-order valence-corrected chi connectivity index (χ4v) is 3.64. The van der Waals surface area contributed by atoms with E-state index in [9.17, 15) is 19.8 Å². The number of likely N-dealkylation sites (tertiary alicyclic amines) is 1. The quantitative estimate of drug-likeness (QED) is 0.760. The monoisotopic (exact) mass is 283 g/mol. The first-order valence-corrected chi connectivity index (χ1v) is 7.64. The highest BCUT2D eigenvalue weighted by Crippen LogP contribution is 2.46. The molecule has 0 atom stereocenters. The Morgan fingerprint density at radius 1 is 1.10 bits per heavy atom. The summed E-state index contributed by atoms with van der Waals surface area (Å²) >= 11 is 0. The van der Waals surface area contributed by atoms with Crippen molar-refractivity contribution in [3.63, 3.8) is 0 Å². The van der Waals surface area contributed by atoms with Crippen molar-refractivity contribution in [2.75, 3.05) is 13.2 Å². The van der Waals surface area contributed by atoms with Crippen molar-refractivity contribution in [1.82, 2.24) is 4.90 Å². The molecule has 0 unspecified atom stereocenters. The molecule has 5 nitrogen and oxygen atoms in total. The van der Waals surface area contributed by atoms with Gasteiger partial charge < -0.3 is 10.2 Å². The molecule has 1 saturated carbocycles. The van der Waals surface area contributed by atoms with Crippen molar-refractivity contribution in [3.8, 4) is 0 Å². The summed E-state index contributed by atoms with van der Waals surface area (Å²) in [5.74, 6) is -0.406. The molecule has 0 bridgehead atoms. The normalized spacial score (nSPS) is 23.4. The van der Waals surface area contributed by atoms with Gasteiger partial charge in [0, 0.05) is 6.42 Å². The summed E-state index contributed by atoms with van der Waals surface area (Å²) in [6.45, 7) is 1.02. The molecule has 2 N–H and O–H groups in total. The molecule has 2 rings (SSSR count). The van der Waals surface area contributed by atoms with E-state index in [4.69, 9.17) is 0 Å². The lowest BCUT2D eigenvalue weighted by Gasteiger charge is -2.38. The van der Waals surface area contributed by atoms with Gasteiger partial charge in [0.25, 0.3) is 0 Å². The molecule has 5 heteroatoms. The molecule has 0 radical (unpaired) electrons. The van der Waals surface area contributed by atoms with Gasteiger partial charge in [0.05, 0.1) is 24.2 Å². The zero-order valence-electron chi connectivity index (χ0n) is 12.2. The largest absolute Gasteiger partial charge is 0.394 e. The van der Waals surface area contributed by atoms with E-state index in [0.717, 1.165) is 38.5 Å². The van der Waals surface area contributed by atoms with Crippen LogP contribution in [-0.2, 0) is 9.59 Å². The van der Waals surface area contributed by atoms with E-state index in [1.807, 2.05) is 0 Å². The summed E-state index contributed by atoms with van der Waals surface area (Å²) in [6, 6.07) is 0. The van der Waals surface area contributed by atoms with E-state index in [2.05, 4.69) is 0 Å². The number of nitrogens with zero attached hydrogens (tertiary/aromatic N) is 1. The average molecular weight is 283 g/mol.